The minimum atomic E-state index is -4.45. The molecule has 0 saturated carbocycles. The Labute approximate surface area is 140 Å². The van der Waals surface area contributed by atoms with Crippen molar-refractivity contribution in [2.75, 3.05) is 18.4 Å². The number of para-hydroxylation sites is 1. The smallest absolute Gasteiger partial charge is 0.417 e. The van der Waals surface area contributed by atoms with Crippen LogP contribution in [0.5, 0.6) is 5.88 Å². The summed E-state index contributed by atoms with van der Waals surface area (Å²) >= 11 is 0. The average molecular weight is 355 g/mol. The van der Waals surface area contributed by atoms with Crippen molar-refractivity contribution in [2.24, 2.45) is 0 Å². The van der Waals surface area contributed by atoms with Crippen molar-refractivity contribution in [3.05, 3.63) is 54.0 Å². The Bertz CT molecular complexity index is 759. The summed E-state index contributed by atoms with van der Waals surface area (Å²) in [5.41, 5.74) is -0.791. The van der Waals surface area contributed by atoms with E-state index in [1.807, 2.05) is 0 Å². The van der Waals surface area contributed by atoms with Gasteiger partial charge in [-0.25, -0.2) is 14.2 Å². The molecule has 2 amide bonds. The number of nitrogens with one attached hydrogen (secondary N) is 1. The normalized spacial score (nSPS) is 14.8. The van der Waals surface area contributed by atoms with Gasteiger partial charge in [0, 0.05) is 12.3 Å². The topological polar surface area (TPSA) is 54.5 Å². The largest absolute Gasteiger partial charge is 0.471 e. The maximum absolute atomic E-state index is 13.5. The van der Waals surface area contributed by atoms with E-state index in [1.165, 1.54) is 23.1 Å². The van der Waals surface area contributed by atoms with Crippen LogP contribution in [0, 0.1) is 5.82 Å². The SMILES string of the molecule is O=C(Nc1ccccc1F)N1CC(Oc2ccc(C(F)(F)F)cn2)C1. The average Bonchev–Trinajstić information content (AvgIpc) is 2.52. The fourth-order valence-electron chi connectivity index (χ4n) is 2.22. The molecule has 1 aromatic heterocycles. The number of carbonyl (C=O) groups excluding carboxylic acids is 1. The highest BCUT2D eigenvalue weighted by Crippen LogP contribution is 2.29. The van der Waals surface area contributed by atoms with E-state index in [0.29, 0.717) is 6.20 Å². The van der Waals surface area contributed by atoms with Crippen molar-refractivity contribution in [3.8, 4) is 5.88 Å². The minimum Gasteiger partial charge on any atom is -0.471 e. The summed E-state index contributed by atoms with van der Waals surface area (Å²) in [7, 11) is 0. The Kier molecular flexibility index (Phi) is 4.47. The quantitative estimate of drug-likeness (QED) is 0.857. The summed E-state index contributed by atoms with van der Waals surface area (Å²) < 4.78 is 56.2. The molecular weight excluding hydrogens is 342 g/mol. The maximum atomic E-state index is 13.5. The van der Waals surface area contributed by atoms with E-state index in [2.05, 4.69) is 10.3 Å². The van der Waals surface area contributed by atoms with E-state index in [0.717, 1.165) is 12.1 Å². The number of alkyl halides is 3. The Hall–Kier alpha value is -2.84. The molecule has 1 aliphatic heterocycles. The van der Waals surface area contributed by atoms with E-state index >= 15 is 0 Å². The summed E-state index contributed by atoms with van der Waals surface area (Å²) in [5.74, 6) is -0.495. The van der Waals surface area contributed by atoms with Crippen LogP contribution < -0.4 is 10.1 Å². The molecule has 9 heteroatoms. The number of rotatable bonds is 3. The number of ether oxygens (including phenoxy) is 1. The van der Waals surface area contributed by atoms with Crippen LogP contribution in [-0.4, -0.2) is 35.1 Å². The van der Waals surface area contributed by atoms with Gasteiger partial charge < -0.3 is 15.0 Å². The van der Waals surface area contributed by atoms with Crippen LogP contribution in [0.25, 0.3) is 0 Å². The molecule has 3 rings (SSSR count). The molecule has 0 radical (unpaired) electrons. The molecule has 1 fully saturated rings. The van der Waals surface area contributed by atoms with Gasteiger partial charge in [0.15, 0.2) is 0 Å². The lowest BCUT2D eigenvalue weighted by molar-refractivity contribution is -0.137. The number of urea groups is 1. The molecule has 0 atom stereocenters. The molecule has 0 spiro atoms. The monoisotopic (exact) mass is 355 g/mol. The zero-order valence-corrected chi connectivity index (χ0v) is 12.8. The van der Waals surface area contributed by atoms with Gasteiger partial charge in [0.05, 0.1) is 24.3 Å². The predicted octanol–water partition coefficient (Wildman–Crippen LogP) is 3.53. The third-order valence-electron chi connectivity index (χ3n) is 3.60. The molecule has 1 aromatic carbocycles. The summed E-state index contributed by atoms with van der Waals surface area (Å²) in [6.45, 7) is 0.450. The number of carbonyl (C=O) groups is 1. The van der Waals surface area contributed by atoms with Gasteiger partial charge in [-0.3, -0.25) is 0 Å². The predicted molar refractivity (Wildman–Crippen MR) is 80.6 cm³/mol. The second-order valence-electron chi connectivity index (χ2n) is 5.44. The fraction of sp³-hybridized carbons (Fsp3) is 0.250. The number of halogens is 4. The van der Waals surface area contributed by atoms with Crippen molar-refractivity contribution >= 4 is 11.7 Å². The molecule has 0 unspecified atom stereocenters. The van der Waals surface area contributed by atoms with Crippen molar-refractivity contribution in [1.29, 1.82) is 0 Å². The first kappa shape index (κ1) is 17.0. The molecule has 1 N–H and O–H groups in total. The van der Waals surface area contributed by atoms with Gasteiger partial charge in [0.1, 0.15) is 11.9 Å². The van der Waals surface area contributed by atoms with E-state index in [9.17, 15) is 22.4 Å². The first-order valence-corrected chi connectivity index (χ1v) is 7.33. The van der Waals surface area contributed by atoms with E-state index in [-0.39, 0.29) is 30.8 Å². The van der Waals surface area contributed by atoms with Gasteiger partial charge in [-0.05, 0) is 18.2 Å². The number of hydrogen-bond acceptors (Lipinski definition) is 3. The van der Waals surface area contributed by atoms with Crippen molar-refractivity contribution in [1.82, 2.24) is 9.88 Å². The van der Waals surface area contributed by atoms with Crippen molar-refractivity contribution in [3.63, 3.8) is 0 Å². The minimum absolute atomic E-state index is 0.0483. The lowest BCUT2D eigenvalue weighted by atomic mass is 10.2. The molecule has 2 aromatic rings. The number of amides is 2. The first-order valence-electron chi connectivity index (χ1n) is 7.33. The lowest BCUT2D eigenvalue weighted by Gasteiger charge is -2.38. The lowest BCUT2D eigenvalue weighted by Crippen LogP contribution is -2.57. The number of pyridine rings is 1. The van der Waals surface area contributed by atoms with Crippen LogP contribution in [0.3, 0.4) is 0 Å². The third kappa shape index (κ3) is 3.98. The van der Waals surface area contributed by atoms with Crippen LogP contribution in [0.15, 0.2) is 42.6 Å². The van der Waals surface area contributed by atoms with E-state index in [4.69, 9.17) is 4.74 Å². The van der Waals surface area contributed by atoms with Gasteiger partial charge in [0.25, 0.3) is 0 Å². The summed E-state index contributed by atoms with van der Waals surface area (Å²) in [4.78, 5) is 16.9. The summed E-state index contributed by atoms with van der Waals surface area (Å²) in [5, 5.41) is 2.44. The maximum Gasteiger partial charge on any atom is 0.417 e. The Morgan fingerprint density at radius 1 is 1.20 bits per heavy atom. The van der Waals surface area contributed by atoms with E-state index in [1.54, 1.807) is 6.07 Å². The van der Waals surface area contributed by atoms with Crippen LogP contribution in [0.4, 0.5) is 28.0 Å². The summed E-state index contributed by atoms with van der Waals surface area (Å²) in [6, 6.07) is 7.30. The molecule has 0 aliphatic carbocycles. The van der Waals surface area contributed by atoms with Crippen LogP contribution in [0.2, 0.25) is 0 Å². The number of benzene rings is 1. The molecular formula is C16H13F4N3O2. The Balaban J connectivity index is 1.49. The number of anilines is 1. The highest BCUT2D eigenvalue weighted by molar-refractivity contribution is 5.90. The Morgan fingerprint density at radius 3 is 2.52 bits per heavy atom. The molecule has 25 heavy (non-hydrogen) atoms. The van der Waals surface area contributed by atoms with Gasteiger partial charge in [-0.2, -0.15) is 13.2 Å². The second kappa shape index (κ2) is 6.58. The highest BCUT2D eigenvalue weighted by atomic mass is 19.4. The van der Waals surface area contributed by atoms with Gasteiger partial charge in [-0.1, -0.05) is 12.1 Å². The standard InChI is InChI=1S/C16H13F4N3O2/c17-12-3-1-2-4-13(12)22-15(24)23-8-11(9-23)25-14-6-5-10(7-21-14)16(18,19)20/h1-7,11H,8-9H2,(H,22,24). The number of nitrogens with zero attached hydrogens (tertiary/aromatic N) is 2. The zero-order chi connectivity index (χ0) is 18.0. The van der Waals surface area contributed by atoms with Crippen LogP contribution in [0.1, 0.15) is 5.56 Å². The zero-order valence-electron chi connectivity index (χ0n) is 12.8. The van der Waals surface area contributed by atoms with Crippen molar-refractivity contribution < 1.29 is 27.1 Å². The Morgan fingerprint density at radius 2 is 1.92 bits per heavy atom. The van der Waals surface area contributed by atoms with Gasteiger partial charge in [0.2, 0.25) is 5.88 Å². The van der Waals surface area contributed by atoms with Crippen molar-refractivity contribution in [2.45, 2.75) is 12.3 Å². The molecule has 2 heterocycles. The van der Waals surface area contributed by atoms with Crippen LogP contribution >= 0.6 is 0 Å². The van der Waals surface area contributed by atoms with Crippen LogP contribution in [-0.2, 0) is 6.18 Å². The molecule has 132 valence electrons. The summed E-state index contributed by atoms with van der Waals surface area (Å²) in [6.07, 6.45) is -4.14. The first-order chi connectivity index (χ1) is 11.8. The molecule has 0 bridgehead atoms. The molecule has 5 nitrogen and oxygen atoms in total. The van der Waals surface area contributed by atoms with Gasteiger partial charge >= 0.3 is 12.2 Å². The molecule has 1 saturated heterocycles. The fourth-order valence-corrected chi connectivity index (χ4v) is 2.22. The highest BCUT2D eigenvalue weighted by Gasteiger charge is 2.34. The number of hydrogen-bond donors (Lipinski definition) is 1. The van der Waals surface area contributed by atoms with E-state index < -0.39 is 23.6 Å². The molecule has 1 aliphatic rings. The second-order valence-corrected chi connectivity index (χ2v) is 5.44. The number of likely N-dealkylation sites (tertiary alicyclic amines) is 1. The third-order valence-corrected chi connectivity index (χ3v) is 3.60. The van der Waals surface area contributed by atoms with Gasteiger partial charge in [-0.15, -0.1) is 0 Å². The number of aromatic nitrogens is 1.